The smallest absolute Gasteiger partial charge is 0.275 e. The van der Waals surface area contributed by atoms with Gasteiger partial charge in [-0.05, 0) is 11.8 Å². The van der Waals surface area contributed by atoms with Crippen LogP contribution in [0.15, 0.2) is 0 Å². The first-order chi connectivity index (χ1) is 3.72. The van der Waals surface area contributed by atoms with Gasteiger partial charge in [0.15, 0.2) is 0 Å². The van der Waals surface area contributed by atoms with E-state index in [-0.39, 0.29) is 0 Å². The molecule has 0 atom stereocenters. The molecule has 0 spiro atoms. The van der Waals surface area contributed by atoms with Crippen LogP contribution in [0.3, 0.4) is 0 Å². The van der Waals surface area contributed by atoms with E-state index in [2.05, 4.69) is 12.8 Å². The van der Waals surface area contributed by atoms with Gasteiger partial charge in [0.2, 0.25) is 0 Å². The van der Waals surface area contributed by atoms with Crippen molar-refractivity contribution >= 4 is 11.6 Å². The molecule has 0 fully saturated rings. The van der Waals surface area contributed by atoms with E-state index in [0.29, 0.717) is 0 Å². The molecule has 8 heavy (non-hydrogen) atoms. The summed E-state index contributed by atoms with van der Waals surface area (Å²) in [6, 6.07) is 0. The summed E-state index contributed by atoms with van der Waals surface area (Å²) in [6.07, 6.45) is 9.07. The summed E-state index contributed by atoms with van der Waals surface area (Å²) in [5.74, 6) is 1.24. The number of hydrogen-bond acceptors (Lipinski definition) is 2. The summed E-state index contributed by atoms with van der Waals surface area (Å²) < 4.78 is 0. The molecule has 0 unspecified atom stereocenters. The molecule has 0 aliphatic rings. The summed E-state index contributed by atoms with van der Waals surface area (Å²) in [5.41, 5.74) is 0. The Morgan fingerprint density at radius 3 is 1.38 bits per heavy atom. The first-order valence-electron chi connectivity index (χ1n) is 1.74. The summed E-state index contributed by atoms with van der Waals surface area (Å²) in [5, 5.41) is 0. The standard InChI is InChI=1S/C6H2O2/c1-3-5(7)6(8)4-2/h1-2H. The second-order valence-corrected chi connectivity index (χ2v) is 0.947. The van der Waals surface area contributed by atoms with Gasteiger partial charge in [-0.25, -0.2) is 0 Å². The van der Waals surface area contributed by atoms with Crippen LogP contribution in [0.2, 0.25) is 0 Å². The van der Waals surface area contributed by atoms with Gasteiger partial charge in [0.05, 0.1) is 0 Å². The van der Waals surface area contributed by atoms with Crippen LogP contribution >= 0.6 is 0 Å². The first kappa shape index (κ1) is 6.46. The highest BCUT2D eigenvalue weighted by atomic mass is 16.2. The minimum Gasteiger partial charge on any atom is -0.275 e. The van der Waals surface area contributed by atoms with E-state index in [4.69, 9.17) is 0 Å². The summed E-state index contributed by atoms with van der Waals surface area (Å²) in [7, 11) is 0. The molecule has 2 heteroatoms. The molecule has 0 amide bonds. The summed E-state index contributed by atoms with van der Waals surface area (Å²) in [4.78, 5) is 20.0. The highest BCUT2D eigenvalue weighted by Gasteiger charge is 2.03. The highest BCUT2D eigenvalue weighted by Crippen LogP contribution is 1.68. The van der Waals surface area contributed by atoms with Crippen LogP contribution in [-0.2, 0) is 9.59 Å². The average molecular weight is 106 g/mol. The molecule has 0 aliphatic carbocycles. The van der Waals surface area contributed by atoms with Gasteiger partial charge in [0, 0.05) is 0 Å². The predicted octanol–water partition coefficient (Wildman–Crippen LogP) is -0.609. The molecule has 2 nitrogen and oxygen atoms in total. The number of rotatable bonds is 1. The van der Waals surface area contributed by atoms with Crippen LogP contribution in [0.25, 0.3) is 0 Å². The molecule has 0 heterocycles. The van der Waals surface area contributed by atoms with E-state index in [9.17, 15) is 9.59 Å². The van der Waals surface area contributed by atoms with Crippen molar-refractivity contribution in [1.82, 2.24) is 0 Å². The molecule has 0 saturated heterocycles. The van der Waals surface area contributed by atoms with Gasteiger partial charge in [0.1, 0.15) is 0 Å². The lowest BCUT2D eigenvalue weighted by atomic mass is 10.3. The Bertz CT molecular complexity index is 176. The third-order valence-corrected chi connectivity index (χ3v) is 0.468. The van der Waals surface area contributed by atoms with Crippen molar-refractivity contribution in [2.24, 2.45) is 0 Å². The van der Waals surface area contributed by atoms with Crippen LogP contribution in [0, 0.1) is 24.7 Å². The van der Waals surface area contributed by atoms with Crippen molar-refractivity contribution in [3.8, 4) is 24.7 Å². The Morgan fingerprint density at radius 2 is 1.25 bits per heavy atom. The van der Waals surface area contributed by atoms with Gasteiger partial charge in [-0.2, -0.15) is 0 Å². The maximum atomic E-state index is 10.0. The van der Waals surface area contributed by atoms with Crippen LogP contribution in [0.4, 0.5) is 0 Å². The normalized spacial score (nSPS) is 6.25. The molecule has 0 radical (unpaired) electrons. The molecule has 0 rings (SSSR count). The number of hydrogen-bond donors (Lipinski definition) is 0. The predicted molar refractivity (Wildman–Crippen MR) is 27.7 cm³/mol. The van der Waals surface area contributed by atoms with Gasteiger partial charge >= 0.3 is 0 Å². The third-order valence-electron chi connectivity index (χ3n) is 0.468. The zero-order valence-corrected chi connectivity index (χ0v) is 3.97. The molecule has 0 bridgehead atoms. The minimum atomic E-state index is -0.965. The second kappa shape index (κ2) is 2.60. The quantitative estimate of drug-likeness (QED) is 0.254. The number of carbonyl (C=O) groups is 2. The zero-order valence-electron chi connectivity index (χ0n) is 3.97. The van der Waals surface area contributed by atoms with E-state index in [0.717, 1.165) is 0 Å². The largest absolute Gasteiger partial charge is 0.284 e. The summed E-state index contributed by atoms with van der Waals surface area (Å²) in [6.45, 7) is 0. The van der Waals surface area contributed by atoms with Gasteiger partial charge in [-0.1, -0.05) is 0 Å². The fraction of sp³-hybridized carbons (Fsp3) is 0. The van der Waals surface area contributed by atoms with Crippen molar-refractivity contribution in [3.05, 3.63) is 0 Å². The van der Waals surface area contributed by atoms with E-state index >= 15 is 0 Å². The molecule has 0 aromatic heterocycles. The van der Waals surface area contributed by atoms with E-state index in [1.807, 2.05) is 0 Å². The number of Topliss-reactive ketones (excluding diaryl/α,β-unsaturated/α-hetero) is 2. The number of terminal acetylenes is 2. The fourth-order valence-corrected chi connectivity index (χ4v) is 0.131. The maximum Gasteiger partial charge on any atom is 0.284 e. The van der Waals surface area contributed by atoms with Gasteiger partial charge in [0.25, 0.3) is 11.6 Å². The Kier molecular flexibility index (Phi) is 2.10. The fourth-order valence-electron chi connectivity index (χ4n) is 0.131. The first-order valence-corrected chi connectivity index (χ1v) is 1.74. The maximum absolute atomic E-state index is 10.0. The van der Waals surface area contributed by atoms with Crippen molar-refractivity contribution in [2.75, 3.05) is 0 Å². The second-order valence-electron chi connectivity index (χ2n) is 0.947. The topological polar surface area (TPSA) is 34.1 Å². The van der Waals surface area contributed by atoms with Crippen LogP contribution in [0.1, 0.15) is 0 Å². The van der Waals surface area contributed by atoms with E-state index in [1.165, 1.54) is 0 Å². The van der Waals surface area contributed by atoms with Gasteiger partial charge in [-0.15, -0.1) is 12.8 Å². The van der Waals surface area contributed by atoms with Crippen molar-refractivity contribution < 1.29 is 9.59 Å². The van der Waals surface area contributed by atoms with Gasteiger partial charge < -0.3 is 0 Å². The zero-order chi connectivity index (χ0) is 6.57. The summed E-state index contributed by atoms with van der Waals surface area (Å²) >= 11 is 0. The van der Waals surface area contributed by atoms with E-state index < -0.39 is 11.6 Å². The van der Waals surface area contributed by atoms with Crippen LogP contribution in [0.5, 0.6) is 0 Å². The molecule has 0 aromatic carbocycles. The lowest BCUT2D eigenvalue weighted by Gasteiger charge is -1.73. The molecule has 0 N–H and O–H groups in total. The van der Waals surface area contributed by atoms with Crippen LogP contribution in [-0.4, -0.2) is 11.6 Å². The Hall–Kier alpha value is -1.54. The Balaban J connectivity index is 4.16. The van der Waals surface area contributed by atoms with Crippen molar-refractivity contribution in [2.45, 2.75) is 0 Å². The molecule has 0 aromatic rings. The molecule has 0 aliphatic heterocycles. The SMILES string of the molecule is C#CC(=O)C(=O)C#C. The molecule has 38 valence electrons. The monoisotopic (exact) mass is 106 g/mol. The molecular formula is C6H2O2. The van der Waals surface area contributed by atoms with E-state index in [1.54, 1.807) is 11.8 Å². The lowest BCUT2D eigenvalue weighted by molar-refractivity contribution is -0.129. The molecule has 0 saturated carbocycles. The number of carbonyl (C=O) groups excluding carboxylic acids is 2. The van der Waals surface area contributed by atoms with Gasteiger partial charge in [-0.3, -0.25) is 9.59 Å². The lowest BCUT2D eigenvalue weighted by Crippen LogP contribution is -2.06. The Labute approximate surface area is 46.9 Å². The van der Waals surface area contributed by atoms with Crippen molar-refractivity contribution in [3.63, 3.8) is 0 Å². The molecular weight excluding hydrogens is 104 g/mol. The van der Waals surface area contributed by atoms with Crippen molar-refractivity contribution in [1.29, 1.82) is 0 Å². The van der Waals surface area contributed by atoms with Crippen LogP contribution < -0.4 is 0 Å². The Morgan fingerprint density at radius 1 is 1.00 bits per heavy atom. The highest BCUT2D eigenvalue weighted by molar-refractivity contribution is 6.49. The third kappa shape index (κ3) is 1.28. The average Bonchev–Trinajstić information content (AvgIpc) is 1.84. The number of ketones is 2. The minimum absolute atomic E-state index is 0.965.